The molecule has 0 saturated heterocycles. The number of azo groups is 1. The first-order valence-electron chi connectivity index (χ1n) is 19.9. The van der Waals surface area contributed by atoms with E-state index in [4.69, 9.17) is 4.55 Å². The predicted molar refractivity (Wildman–Crippen MR) is 252 cm³/mol. The molecule has 0 atom stereocenters. The normalized spacial score (nSPS) is 14.0. The van der Waals surface area contributed by atoms with E-state index < -0.39 is 143 Å². The molecule has 386 valence electrons. The summed E-state index contributed by atoms with van der Waals surface area (Å²) in [6.45, 7) is 0.876. The maximum atomic E-state index is 12.8. The fraction of sp³-hybridized carbons (Fsp3) is 0.103. The highest BCUT2D eigenvalue weighted by Crippen LogP contribution is 2.46. The molecule has 0 aliphatic heterocycles. The molecule has 6 aromatic carbocycles. The first-order valence-corrected chi connectivity index (χ1v) is 28.6. The number of benzene rings is 6. The third-order valence-electron chi connectivity index (χ3n) is 10.1. The number of aromatic hydroxyl groups is 2. The minimum Gasteiger partial charge on any atom is -0.507 e. The first-order chi connectivity index (χ1) is 33.8. The number of nitrogens with one attached hydrogen (secondary N) is 3. The Kier molecular flexibility index (Phi) is 14.5. The smallest absolute Gasteiger partial charge is 0.397 e. The molecule has 73 heavy (non-hydrogen) atoms. The van der Waals surface area contributed by atoms with Gasteiger partial charge >= 0.3 is 10.4 Å². The molecule has 0 saturated carbocycles. The number of aromatic amines is 3. The van der Waals surface area contributed by atoms with Gasteiger partial charge in [0, 0.05) is 11.5 Å². The van der Waals surface area contributed by atoms with Gasteiger partial charge < -0.3 is 10.2 Å². The summed E-state index contributed by atoms with van der Waals surface area (Å²) >= 11 is 0. The number of H-pyrrole nitrogens is 3. The zero-order valence-electron chi connectivity index (χ0n) is 36.4. The molecule has 0 fully saturated rings. The molecule has 34 heteroatoms. The number of hydrogen-bond acceptors (Lipinski definition) is 20. The predicted octanol–water partition coefficient (Wildman–Crippen LogP) is 3.64. The van der Waals surface area contributed by atoms with Gasteiger partial charge in [0.15, 0.2) is 15.6 Å². The molecule has 0 aliphatic rings. The Morgan fingerprint density at radius 1 is 0.521 bits per heavy atom. The number of sulfone groups is 1. The van der Waals surface area contributed by atoms with E-state index in [1.54, 1.807) is 24.3 Å². The summed E-state index contributed by atoms with van der Waals surface area (Å²) in [6.07, 6.45) is 0.455. The Bertz CT molecular complexity index is 4400. The van der Waals surface area contributed by atoms with Gasteiger partial charge in [-0.15, -0.1) is 5.11 Å². The van der Waals surface area contributed by atoms with Crippen molar-refractivity contribution in [3.8, 4) is 11.5 Å². The third-order valence-corrected chi connectivity index (χ3v) is 15.6. The Balaban J connectivity index is 1.51. The van der Waals surface area contributed by atoms with Crippen molar-refractivity contribution in [3.63, 3.8) is 0 Å². The summed E-state index contributed by atoms with van der Waals surface area (Å²) < 4.78 is 200. The standard InChI is InChI=1S/C39H34N8O20S6/c1-2-20-5-3-4-6-28(20)40-37-43-38(41-29-17-25(69(52,53)54)13-21-14-27(71(58,59)60)19-31(48)33(21)29)45-39(44-37)42-30-18-26(70(55,56)57)15-22-16-32(72(61,62)63)35(36(49)34(22)30)47-46-23-7-9-24(10-8-23)68(50,51)12-11-67-73(64,65)66/h3-10,13-19,48-49H,2,11-12H2,1H3,(H,52,53,54)(H,55,56,57)(H,58,59,60)(H,61,62,63)(H,64,65,66)(H3,40,41,42,43,44,45). The first kappa shape index (κ1) is 53.7. The summed E-state index contributed by atoms with van der Waals surface area (Å²) in [6, 6.07) is 15.8. The Morgan fingerprint density at radius 2 is 1.00 bits per heavy atom. The fourth-order valence-electron chi connectivity index (χ4n) is 6.84. The van der Waals surface area contributed by atoms with Crippen LogP contribution in [0.3, 0.4) is 0 Å². The van der Waals surface area contributed by atoms with E-state index in [-0.39, 0.29) is 27.0 Å². The minimum absolute atomic E-state index is 0.204. The van der Waals surface area contributed by atoms with Crippen LogP contribution in [0.1, 0.15) is 12.5 Å². The second kappa shape index (κ2) is 19.7. The molecule has 7 rings (SSSR count). The van der Waals surface area contributed by atoms with Crippen molar-refractivity contribution >= 4 is 111 Å². The number of para-hydroxylation sites is 1. The lowest BCUT2D eigenvalue weighted by molar-refractivity contribution is 0.284. The van der Waals surface area contributed by atoms with Gasteiger partial charge in [0.25, 0.3) is 40.5 Å². The molecule has 0 bridgehead atoms. The van der Waals surface area contributed by atoms with Crippen LogP contribution in [0.5, 0.6) is 11.5 Å². The second-order valence-electron chi connectivity index (χ2n) is 15.0. The van der Waals surface area contributed by atoms with Crippen LogP contribution in [0.2, 0.25) is 0 Å². The van der Waals surface area contributed by atoms with Gasteiger partial charge in [-0.2, -0.15) is 47.2 Å². The average molecular weight is 1130 g/mol. The summed E-state index contributed by atoms with van der Waals surface area (Å²) in [5, 5.41) is 28.6. The number of aryl methyl sites for hydroxylation is 1. The van der Waals surface area contributed by atoms with Crippen LogP contribution in [0, 0.1) is 0 Å². The second-order valence-corrected chi connectivity index (χ2v) is 23.9. The Morgan fingerprint density at radius 3 is 1.49 bits per heavy atom. The molecule has 10 N–H and O–H groups in total. The van der Waals surface area contributed by atoms with Crippen LogP contribution < -0.4 is 16.9 Å². The van der Waals surface area contributed by atoms with Gasteiger partial charge in [0.2, 0.25) is 16.9 Å². The highest BCUT2D eigenvalue weighted by molar-refractivity contribution is 7.91. The van der Waals surface area contributed by atoms with E-state index in [1.165, 1.54) is 0 Å². The van der Waals surface area contributed by atoms with Crippen molar-refractivity contribution < 1.29 is 87.7 Å². The fourth-order valence-corrected chi connectivity index (χ4v) is 10.6. The molecule has 0 spiro atoms. The Hall–Kier alpha value is -7.09. The van der Waals surface area contributed by atoms with Crippen molar-refractivity contribution in [2.45, 2.75) is 37.8 Å². The van der Waals surface area contributed by atoms with Crippen molar-refractivity contribution in [2.75, 3.05) is 12.4 Å². The molecule has 1 aromatic heterocycles. The number of fused-ring (bicyclic) bond motifs is 2. The molecule has 28 nitrogen and oxygen atoms in total. The molecule has 0 amide bonds. The number of aromatic nitrogens is 3. The quantitative estimate of drug-likeness (QED) is 0.0517. The lowest BCUT2D eigenvalue weighted by atomic mass is 10.1. The topological polar surface area (TPSA) is 465 Å². The van der Waals surface area contributed by atoms with E-state index in [0.29, 0.717) is 41.9 Å². The third kappa shape index (κ3) is 12.6. The van der Waals surface area contributed by atoms with Gasteiger partial charge in [0.1, 0.15) is 16.3 Å². The molecule has 0 unspecified atom stereocenters. The van der Waals surface area contributed by atoms with Gasteiger partial charge in [-0.25, -0.2) is 27.6 Å². The maximum absolute atomic E-state index is 12.8. The number of hydrogen-bond donors (Lipinski definition) is 10. The summed E-state index contributed by atoms with van der Waals surface area (Å²) in [5.74, 6) is -2.89. The maximum Gasteiger partial charge on any atom is 0.397 e. The number of rotatable bonds is 15. The molecular formula is C39H34N8O20S6. The highest BCUT2D eigenvalue weighted by atomic mass is 32.3. The Labute approximate surface area is 411 Å². The number of phenols is 2. The van der Waals surface area contributed by atoms with E-state index in [2.05, 4.69) is 44.3 Å². The van der Waals surface area contributed by atoms with Crippen LogP contribution in [-0.4, -0.2) is 111 Å². The van der Waals surface area contributed by atoms with Crippen LogP contribution in [-0.2, 0) is 71.3 Å². The molecular weight excluding hydrogens is 1090 g/mol. The number of phenolic OH excluding ortho intramolecular Hbond substituents is 2. The van der Waals surface area contributed by atoms with Crippen LogP contribution in [0.4, 0.5) is 28.4 Å². The van der Waals surface area contributed by atoms with Crippen molar-refractivity contribution in [2.24, 2.45) is 25.2 Å². The minimum atomic E-state index is -5.40. The van der Waals surface area contributed by atoms with E-state index in [0.717, 1.165) is 42.5 Å². The molecule has 0 aliphatic carbocycles. The SMILES string of the molecule is CCc1ccccc1N=c1[nH]c(=Nc2cc(S(=O)(=O)O)cc3cc(S(=O)(=O)O)cc(O)c23)[nH]c(=Nc2cc(S(=O)(=O)O)cc3cc(S(=O)(=O)O)c(N=Nc4ccc(S(=O)(=O)CCOS(=O)(=O)O)cc4)c(O)c23)[nH]1. The van der Waals surface area contributed by atoms with E-state index >= 15 is 0 Å². The van der Waals surface area contributed by atoms with Crippen LogP contribution >= 0.6 is 0 Å². The van der Waals surface area contributed by atoms with Gasteiger partial charge in [-0.3, -0.25) is 37.7 Å². The summed E-state index contributed by atoms with van der Waals surface area (Å²) in [5.41, 5.74) is -2.45. The van der Waals surface area contributed by atoms with Gasteiger partial charge in [0.05, 0.1) is 60.1 Å². The lowest BCUT2D eigenvalue weighted by Gasteiger charge is -2.12. The molecule has 0 radical (unpaired) electrons. The molecule has 7 aromatic rings. The van der Waals surface area contributed by atoms with Gasteiger partial charge in [-0.1, -0.05) is 25.1 Å². The largest absolute Gasteiger partial charge is 0.507 e. The summed E-state index contributed by atoms with van der Waals surface area (Å²) in [4.78, 5) is 17.2. The highest BCUT2D eigenvalue weighted by Gasteiger charge is 2.26. The van der Waals surface area contributed by atoms with Crippen molar-refractivity contribution in [3.05, 3.63) is 113 Å². The zero-order chi connectivity index (χ0) is 53.6. The van der Waals surface area contributed by atoms with Crippen molar-refractivity contribution in [1.82, 2.24) is 15.0 Å². The monoisotopic (exact) mass is 1130 g/mol. The van der Waals surface area contributed by atoms with Gasteiger partial charge in [-0.05, 0) is 89.5 Å². The van der Waals surface area contributed by atoms with E-state index in [9.17, 15) is 78.9 Å². The zero-order valence-corrected chi connectivity index (χ0v) is 41.3. The lowest BCUT2D eigenvalue weighted by Crippen LogP contribution is -2.36. The van der Waals surface area contributed by atoms with Crippen molar-refractivity contribution in [1.29, 1.82) is 0 Å². The summed E-state index contributed by atoms with van der Waals surface area (Å²) in [7, 11) is -29.9. The van der Waals surface area contributed by atoms with Crippen LogP contribution in [0.25, 0.3) is 21.5 Å². The average Bonchev–Trinajstić information content (AvgIpc) is 3.26. The molecule has 1 heterocycles. The van der Waals surface area contributed by atoms with Crippen LogP contribution in [0.15, 0.2) is 141 Å². The number of nitrogens with zero attached hydrogens (tertiary/aromatic N) is 5. The van der Waals surface area contributed by atoms with E-state index in [1.807, 2.05) is 6.92 Å².